The van der Waals surface area contributed by atoms with Crippen LogP contribution in [0.2, 0.25) is 5.02 Å². The van der Waals surface area contributed by atoms with Gasteiger partial charge in [-0.15, -0.1) is 0 Å². The monoisotopic (exact) mass is 423 g/mol. The van der Waals surface area contributed by atoms with Crippen LogP contribution in [0.3, 0.4) is 0 Å². The van der Waals surface area contributed by atoms with Gasteiger partial charge in [0, 0.05) is 23.7 Å². The number of nitrogens with zero attached hydrogens (tertiary/aromatic N) is 4. The van der Waals surface area contributed by atoms with Gasteiger partial charge in [0.15, 0.2) is 11.6 Å². The van der Waals surface area contributed by atoms with E-state index in [4.69, 9.17) is 11.6 Å². The first kappa shape index (κ1) is 19.8. The Kier molecular flexibility index (Phi) is 5.33. The number of benzene rings is 1. The lowest BCUT2D eigenvalue weighted by atomic mass is 10.00. The van der Waals surface area contributed by atoms with Crippen LogP contribution in [0.15, 0.2) is 42.7 Å². The molecular weight excluding hydrogens is 405 g/mol. The summed E-state index contributed by atoms with van der Waals surface area (Å²) in [6.07, 6.45) is 3.16. The van der Waals surface area contributed by atoms with Crippen molar-refractivity contribution in [2.24, 2.45) is 0 Å². The van der Waals surface area contributed by atoms with E-state index in [1.165, 1.54) is 12.3 Å². The number of hydrogen-bond acceptors (Lipinski definition) is 6. The average molecular weight is 424 g/mol. The first-order valence-electron chi connectivity index (χ1n) is 9.21. The van der Waals surface area contributed by atoms with Crippen molar-refractivity contribution in [1.29, 1.82) is 0 Å². The molecule has 0 saturated heterocycles. The van der Waals surface area contributed by atoms with Crippen molar-refractivity contribution in [2.75, 3.05) is 10.6 Å². The maximum absolute atomic E-state index is 14.8. The van der Waals surface area contributed by atoms with Crippen molar-refractivity contribution in [3.8, 4) is 11.1 Å². The van der Waals surface area contributed by atoms with Crippen molar-refractivity contribution in [3.05, 3.63) is 70.5 Å². The third-order valence-corrected chi connectivity index (χ3v) is 4.74. The number of aromatic amines is 1. The highest BCUT2D eigenvalue weighted by molar-refractivity contribution is 6.32. The van der Waals surface area contributed by atoms with E-state index in [1.54, 1.807) is 12.3 Å². The van der Waals surface area contributed by atoms with Gasteiger partial charge in [-0.2, -0.15) is 10.1 Å². The van der Waals surface area contributed by atoms with Crippen molar-refractivity contribution in [3.63, 3.8) is 0 Å². The SMILES string of the molecule is Cc1cc(-c2cc(F)c(Nc3ncc(Cl)c(Nc4cc(C)[nH]n4)n3)cc2C)ccn1. The Bertz CT molecular complexity index is 1220. The number of nitrogens with one attached hydrogen (secondary N) is 3. The van der Waals surface area contributed by atoms with E-state index in [9.17, 15) is 4.39 Å². The van der Waals surface area contributed by atoms with Gasteiger partial charge in [-0.3, -0.25) is 10.1 Å². The maximum Gasteiger partial charge on any atom is 0.229 e. The van der Waals surface area contributed by atoms with Gasteiger partial charge in [0.1, 0.15) is 10.8 Å². The Morgan fingerprint density at radius 2 is 1.87 bits per heavy atom. The van der Waals surface area contributed by atoms with E-state index in [2.05, 4.69) is 35.8 Å². The van der Waals surface area contributed by atoms with Crippen LogP contribution in [0.5, 0.6) is 0 Å². The Morgan fingerprint density at radius 1 is 1.03 bits per heavy atom. The van der Waals surface area contributed by atoms with Crippen LogP contribution >= 0.6 is 11.6 Å². The zero-order valence-corrected chi connectivity index (χ0v) is 17.3. The van der Waals surface area contributed by atoms with Gasteiger partial charge >= 0.3 is 0 Å². The Balaban J connectivity index is 1.61. The van der Waals surface area contributed by atoms with E-state index in [0.717, 1.165) is 28.1 Å². The molecule has 0 saturated carbocycles. The molecular formula is C21H19ClFN7. The largest absolute Gasteiger partial charge is 0.322 e. The van der Waals surface area contributed by atoms with Crippen LogP contribution in [0.25, 0.3) is 11.1 Å². The van der Waals surface area contributed by atoms with Crippen LogP contribution in [-0.4, -0.2) is 25.1 Å². The molecule has 1 aromatic carbocycles. The number of anilines is 4. The minimum atomic E-state index is -0.416. The lowest BCUT2D eigenvalue weighted by Crippen LogP contribution is -2.03. The molecule has 0 aliphatic heterocycles. The van der Waals surface area contributed by atoms with Crippen molar-refractivity contribution in [1.82, 2.24) is 25.1 Å². The van der Waals surface area contributed by atoms with Gasteiger partial charge < -0.3 is 10.6 Å². The van der Waals surface area contributed by atoms with Gasteiger partial charge in [-0.05, 0) is 61.7 Å². The van der Waals surface area contributed by atoms with E-state index >= 15 is 0 Å². The molecule has 4 aromatic rings. The van der Waals surface area contributed by atoms with Crippen molar-refractivity contribution < 1.29 is 4.39 Å². The number of H-pyrrole nitrogens is 1. The molecule has 4 rings (SSSR count). The first-order valence-corrected chi connectivity index (χ1v) is 9.58. The quantitative estimate of drug-likeness (QED) is 0.394. The van der Waals surface area contributed by atoms with Gasteiger partial charge in [-0.25, -0.2) is 9.37 Å². The number of aryl methyl sites for hydroxylation is 3. The smallest absolute Gasteiger partial charge is 0.229 e. The predicted octanol–water partition coefficient (Wildman–Crippen LogP) is 5.47. The molecule has 0 amide bonds. The zero-order valence-electron chi connectivity index (χ0n) is 16.6. The highest BCUT2D eigenvalue weighted by atomic mass is 35.5. The molecule has 3 N–H and O–H groups in total. The summed E-state index contributed by atoms with van der Waals surface area (Å²) in [7, 11) is 0. The molecule has 30 heavy (non-hydrogen) atoms. The summed E-state index contributed by atoms with van der Waals surface area (Å²) in [6, 6.07) is 8.81. The van der Waals surface area contributed by atoms with E-state index in [1.807, 2.05) is 39.0 Å². The van der Waals surface area contributed by atoms with Crippen molar-refractivity contribution in [2.45, 2.75) is 20.8 Å². The topological polar surface area (TPSA) is 91.4 Å². The van der Waals surface area contributed by atoms with E-state index in [0.29, 0.717) is 16.7 Å². The fourth-order valence-corrected chi connectivity index (χ4v) is 3.18. The molecule has 0 spiro atoms. The molecule has 9 heteroatoms. The molecule has 0 unspecified atom stereocenters. The molecule has 0 bridgehead atoms. The molecule has 0 fully saturated rings. The van der Waals surface area contributed by atoms with Crippen LogP contribution in [0.1, 0.15) is 17.0 Å². The van der Waals surface area contributed by atoms with Gasteiger partial charge in [0.2, 0.25) is 5.95 Å². The number of aromatic nitrogens is 5. The van der Waals surface area contributed by atoms with Gasteiger partial charge in [0.05, 0.1) is 11.9 Å². The second kappa shape index (κ2) is 8.08. The lowest BCUT2D eigenvalue weighted by molar-refractivity contribution is 0.631. The highest BCUT2D eigenvalue weighted by Gasteiger charge is 2.13. The van der Waals surface area contributed by atoms with Gasteiger partial charge in [-0.1, -0.05) is 11.6 Å². The molecule has 3 heterocycles. The van der Waals surface area contributed by atoms with E-state index < -0.39 is 5.82 Å². The minimum absolute atomic E-state index is 0.208. The maximum atomic E-state index is 14.8. The fraction of sp³-hybridized carbons (Fsp3) is 0.143. The fourth-order valence-electron chi connectivity index (χ4n) is 3.04. The molecule has 0 aliphatic carbocycles. The summed E-state index contributed by atoms with van der Waals surface area (Å²) in [5.41, 5.74) is 4.65. The number of hydrogen-bond donors (Lipinski definition) is 3. The second-order valence-electron chi connectivity index (χ2n) is 6.91. The summed E-state index contributed by atoms with van der Waals surface area (Å²) in [4.78, 5) is 12.7. The predicted molar refractivity (Wildman–Crippen MR) is 116 cm³/mol. The lowest BCUT2D eigenvalue weighted by Gasteiger charge is -2.13. The van der Waals surface area contributed by atoms with E-state index in [-0.39, 0.29) is 11.6 Å². The molecule has 0 atom stereocenters. The third kappa shape index (κ3) is 4.23. The summed E-state index contributed by atoms with van der Waals surface area (Å²) < 4.78 is 14.8. The summed E-state index contributed by atoms with van der Waals surface area (Å²) in [5.74, 6) is 0.723. The second-order valence-corrected chi connectivity index (χ2v) is 7.32. The molecule has 0 radical (unpaired) electrons. The first-order chi connectivity index (χ1) is 14.4. The molecule has 152 valence electrons. The Labute approximate surface area is 177 Å². The number of rotatable bonds is 5. The normalized spacial score (nSPS) is 10.8. The highest BCUT2D eigenvalue weighted by Crippen LogP contribution is 2.30. The van der Waals surface area contributed by atoms with Crippen LogP contribution in [-0.2, 0) is 0 Å². The van der Waals surface area contributed by atoms with Crippen molar-refractivity contribution >= 4 is 34.9 Å². The van der Waals surface area contributed by atoms with Crippen LogP contribution < -0.4 is 10.6 Å². The minimum Gasteiger partial charge on any atom is -0.322 e. The van der Waals surface area contributed by atoms with Crippen LogP contribution in [0, 0.1) is 26.6 Å². The summed E-state index contributed by atoms with van der Waals surface area (Å²) in [5, 5.41) is 13.2. The molecule has 3 aromatic heterocycles. The molecule has 7 nitrogen and oxygen atoms in total. The molecule has 0 aliphatic rings. The summed E-state index contributed by atoms with van der Waals surface area (Å²) in [6.45, 7) is 5.71. The Hall–Kier alpha value is -3.52. The van der Waals surface area contributed by atoms with Gasteiger partial charge in [0.25, 0.3) is 0 Å². The summed E-state index contributed by atoms with van der Waals surface area (Å²) >= 11 is 6.18. The zero-order chi connectivity index (χ0) is 21.3. The third-order valence-electron chi connectivity index (χ3n) is 4.46. The average Bonchev–Trinajstić information content (AvgIpc) is 3.11. The Morgan fingerprint density at radius 3 is 2.60 bits per heavy atom. The number of halogens is 2. The van der Waals surface area contributed by atoms with Crippen LogP contribution in [0.4, 0.5) is 27.7 Å². The number of pyridine rings is 1. The standard InChI is InChI=1S/C21H19ClFN7/c1-11-6-18(17(23)9-15(11)14-4-5-24-12(2)7-14)26-21-25-10-16(22)20(28-21)27-19-8-13(3)29-30-19/h4-10H,1-3H3,(H3,25,26,27,28,29,30).